The lowest BCUT2D eigenvalue weighted by molar-refractivity contribution is -0.129. The number of hydrogen-bond donors (Lipinski definition) is 0. The molecule has 3 aromatic rings. The molecule has 0 unspecified atom stereocenters. The third-order valence-electron chi connectivity index (χ3n) is 8.19. The summed E-state index contributed by atoms with van der Waals surface area (Å²) in [5, 5.41) is 5.93. The van der Waals surface area contributed by atoms with Crippen molar-refractivity contribution in [3.05, 3.63) is 58.0 Å². The zero-order valence-corrected chi connectivity index (χ0v) is 22.0. The average Bonchev–Trinajstić information content (AvgIpc) is 3.31. The van der Waals surface area contributed by atoms with Crippen LogP contribution in [0.3, 0.4) is 0 Å². The predicted octanol–water partition coefficient (Wildman–Crippen LogP) is 5.91. The molecule has 1 aliphatic carbocycles. The van der Waals surface area contributed by atoms with E-state index in [2.05, 4.69) is 26.7 Å². The van der Waals surface area contributed by atoms with Crippen molar-refractivity contribution in [2.45, 2.75) is 70.9 Å². The average molecular weight is 518 g/mol. The van der Waals surface area contributed by atoms with E-state index in [-0.39, 0.29) is 5.91 Å². The lowest BCUT2D eigenvalue weighted by Crippen LogP contribution is -2.35. The summed E-state index contributed by atoms with van der Waals surface area (Å²) in [6, 6.07) is 8.26. The molecule has 192 valence electrons. The molecule has 0 saturated heterocycles. The van der Waals surface area contributed by atoms with E-state index in [1.807, 2.05) is 11.0 Å². The van der Waals surface area contributed by atoms with Crippen LogP contribution in [0.5, 0.6) is 0 Å². The summed E-state index contributed by atoms with van der Waals surface area (Å²) in [6.07, 6.45) is 11.4. The van der Waals surface area contributed by atoms with Gasteiger partial charge in [0.25, 0.3) is 0 Å². The number of hydrogen-bond acceptors (Lipinski definition) is 5. The van der Waals surface area contributed by atoms with E-state index < -0.39 is 0 Å². The van der Waals surface area contributed by atoms with Gasteiger partial charge in [-0.2, -0.15) is 5.10 Å². The van der Waals surface area contributed by atoms with E-state index in [0.717, 1.165) is 61.3 Å². The highest BCUT2D eigenvalue weighted by Gasteiger charge is 2.33. The number of carbonyl (C=O) groups excluding carboxylic acids is 2. The molecular formula is C29H32ClN5O2. The molecular weight excluding hydrogens is 486 g/mol. The first kappa shape index (κ1) is 24.2. The van der Waals surface area contributed by atoms with Gasteiger partial charge in [-0.1, -0.05) is 36.9 Å². The second-order valence-electron chi connectivity index (χ2n) is 10.5. The number of halogens is 1. The van der Waals surface area contributed by atoms with E-state index >= 15 is 0 Å². The molecule has 0 radical (unpaired) electrons. The topological polar surface area (TPSA) is 71.3 Å². The van der Waals surface area contributed by atoms with Gasteiger partial charge >= 0.3 is 0 Å². The number of nitrogens with zero attached hydrogens (tertiary/aromatic N) is 5. The molecule has 0 atom stereocenters. The summed E-state index contributed by atoms with van der Waals surface area (Å²) in [6.45, 7) is 3.89. The van der Waals surface area contributed by atoms with Crippen LogP contribution in [-0.4, -0.2) is 44.9 Å². The SMILES string of the molecule is CC(=O)N1CCc2c(c(N3CCCc4cc(-c5ccc(C=O)nc5)c(Cl)cc43)nn2C2CCCCC2)C1. The van der Waals surface area contributed by atoms with Crippen molar-refractivity contribution in [3.63, 3.8) is 0 Å². The van der Waals surface area contributed by atoms with E-state index in [0.29, 0.717) is 23.3 Å². The fourth-order valence-electron chi connectivity index (χ4n) is 6.22. The molecule has 1 aromatic carbocycles. The molecule has 0 spiro atoms. The van der Waals surface area contributed by atoms with E-state index in [9.17, 15) is 9.59 Å². The molecule has 1 fully saturated rings. The van der Waals surface area contributed by atoms with Crippen LogP contribution in [0.1, 0.15) is 78.8 Å². The normalized spacial score (nSPS) is 17.9. The Hall–Kier alpha value is -3.19. The Bertz CT molecular complexity index is 1340. The molecule has 2 aliphatic heterocycles. The van der Waals surface area contributed by atoms with Crippen LogP contribution < -0.4 is 4.90 Å². The second-order valence-corrected chi connectivity index (χ2v) is 10.9. The van der Waals surface area contributed by atoms with Crippen LogP contribution in [0.25, 0.3) is 11.1 Å². The lowest BCUT2D eigenvalue weighted by atomic mass is 9.94. The lowest BCUT2D eigenvalue weighted by Gasteiger charge is -2.33. The van der Waals surface area contributed by atoms with Crippen LogP contribution in [0.2, 0.25) is 5.02 Å². The Morgan fingerprint density at radius 1 is 1.08 bits per heavy atom. The molecule has 37 heavy (non-hydrogen) atoms. The maximum atomic E-state index is 12.3. The fourth-order valence-corrected chi connectivity index (χ4v) is 6.49. The van der Waals surface area contributed by atoms with Gasteiger partial charge in [-0.15, -0.1) is 0 Å². The molecule has 0 N–H and O–H groups in total. The zero-order valence-electron chi connectivity index (χ0n) is 21.3. The number of rotatable bonds is 4. The summed E-state index contributed by atoms with van der Waals surface area (Å²) < 4.78 is 2.31. The molecule has 7 nitrogen and oxygen atoms in total. The summed E-state index contributed by atoms with van der Waals surface area (Å²) in [4.78, 5) is 31.8. The Balaban J connectivity index is 1.42. The van der Waals surface area contributed by atoms with Gasteiger partial charge in [-0.25, -0.2) is 0 Å². The monoisotopic (exact) mass is 517 g/mol. The first-order chi connectivity index (χ1) is 18.0. The number of anilines is 2. The Morgan fingerprint density at radius 3 is 2.65 bits per heavy atom. The van der Waals surface area contributed by atoms with Gasteiger partial charge in [-0.3, -0.25) is 19.3 Å². The largest absolute Gasteiger partial charge is 0.338 e. The minimum absolute atomic E-state index is 0.114. The molecule has 8 heteroatoms. The Labute approximate surface area is 222 Å². The maximum Gasteiger partial charge on any atom is 0.219 e. The first-order valence-corrected chi connectivity index (χ1v) is 13.8. The van der Waals surface area contributed by atoms with E-state index in [4.69, 9.17) is 16.7 Å². The van der Waals surface area contributed by atoms with Crippen LogP contribution >= 0.6 is 11.6 Å². The van der Waals surface area contributed by atoms with Gasteiger partial charge < -0.3 is 9.80 Å². The zero-order chi connectivity index (χ0) is 25.5. The summed E-state index contributed by atoms with van der Waals surface area (Å²) in [5.74, 6) is 1.09. The number of aryl methyl sites for hydroxylation is 1. The van der Waals surface area contributed by atoms with E-state index in [1.54, 1.807) is 19.2 Å². The summed E-state index contributed by atoms with van der Waals surface area (Å²) in [5.41, 5.74) is 7.03. The standard InChI is InChI=1S/C29H32ClN5O2/c1-19(37)33-13-11-27-25(17-33)29(32-35(27)23-7-3-2-4-8-23)34-12-5-6-20-14-24(26(30)15-28(20)34)21-9-10-22(18-36)31-16-21/h9-10,14-16,18,23H,2-8,11-13,17H2,1H3. The van der Waals surface area contributed by atoms with Crippen LogP contribution in [0.15, 0.2) is 30.5 Å². The van der Waals surface area contributed by atoms with Gasteiger partial charge in [0.05, 0.1) is 17.6 Å². The molecule has 1 amide bonds. The molecule has 1 saturated carbocycles. The highest BCUT2D eigenvalue weighted by Crippen LogP contribution is 2.43. The second kappa shape index (κ2) is 9.93. The van der Waals surface area contributed by atoms with Crippen molar-refractivity contribution >= 4 is 35.3 Å². The van der Waals surface area contributed by atoms with E-state index in [1.165, 1.54) is 48.9 Å². The summed E-state index contributed by atoms with van der Waals surface area (Å²) in [7, 11) is 0. The Morgan fingerprint density at radius 2 is 1.92 bits per heavy atom. The number of pyridine rings is 1. The molecule has 3 aliphatic rings. The third-order valence-corrected chi connectivity index (χ3v) is 8.50. The Kier molecular flexibility index (Phi) is 6.49. The van der Waals surface area contributed by atoms with Crippen LogP contribution in [0, 0.1) is 0 Å². The van der Waals surface area contributed by atoms with Crippen molar-refractivity contribution in [2.75, 3.05) is 18.0 Å². The summed E-state index contributed by atoms with van der Waals surface area (Å²) >= 11 is 6.85. The van der Waals surface area contributed by atoms with Gasteiger partial charge in [-0.05, 0) is 49.4 Å². The quantitative estimate of drug-likeness (QED) is 0.402. The smallest absolute Gasteiger partial charge is 0.219 e. The molecule has 0 bridgehead atoms. The number of aromatic nitrogens is 3. The van der Waals surface area contributed by atoms with Crippen molar-refractivity contribution < 1.29 is 9.59 Å². The highest BCUT2D eigenvalue weighted by atomic mass is 35.5. The predicted molar refractivity (Wildman–Crippen MR) is 145 cm³/mol. The van der Waals surface area contributed by atoms with Gasteiger partial charge in [0, 0.05) is 60.7 Å². The number of fused-ring (bicyclic) bond motifs is 2. The fraction of sp³-hybridized carbons (Fsp3) is 0.448. The maximum absolute atomic E-state index is 12.3. The molecule has 2 aromatic heterocycles. The van der Waals surface area contributed by atoms with Crippen LogP contribution in [-0.2, 0) is 24.2 Å². The van der Waals surface area contributed by atoms with Crippen molar-refractivity contribution in [3.8, 4) is 11.1 Å². The highest BCUT2D eigenvalue weighted by molar-refractivity contribution is 6.33. The number of benzene rings is 1. The van der Waals surface area contributed by atoms with Gasteiger partial charge in [0.2, 0.25) is 5.91 Å². The number of aldehydes is 1. The van der Waals surface area contributed by atoms with Crippen molar-refractivity contribution in [1.29, 1.82) is 0 Å². The molecule has 6 rings (SSSR count). The van der Waals surface area contributed by atoms with Gasteiger partial charge in [0.15, 0.2) is 12.1 Å². The van der Waals surface area contributed by atoms with Crippen molar-refractivity contribution in [1.82, 2.24) is 19.7 Å². The molecule has 4 heterocycles. The number of amides is 1. The van der Waals surface area contributed by atoms with Crippen molar-refractivity contribution in [2.24, 2.45) is 0 Å². The third kappa shape index (κ3) is 4.43. The minimum Gasteiger partial charge on any atom is -0.338 e. The van der Waals surface area contributed by atoms with Gasteiger partial charge in [0.1, 0.15) is 5.69 Å². The van der Waals surface area contributed by atoms with Crippen LogP contribution in [0.4, 0.5) is 11.5 Å². The number of carbonyl (C=O) groups is 2. The minimum atomic E-state index is 0.114. The first-order valence-electron chi connectivity index (χ1n) is 13.4.